The zero-order chi connectivity index (χ0) is 18.2. The fourth-order valence-electron chi connectivity index (χ4n) is 2.14. The highest BCUT2D eigenvalue weighted by molar-refractivity contribution is 5.90. The van der Waals surface area contributed by atoms with Crippen LogP contribution in [0, 0.1) is 34.6 Å². The van der Waals surface area contributed by atoms with E-state index in [-0.39, 0.29) is 5.92 Å². The Morgan fingerprint density at radius 1 is 1.04 bits per heavy atom. The van der Waals surface area contributed by atoms with Gasteiger partial charge in [0.25, 0.3) is 0 Å². The minimum atomic E-state index is -1.69. The summed E-state index contributed by atoms with van der Waals surface area (Å²) >= 11 is 0. The summed E-state index contributed by atoms with van der Waals surface area (Å²) < 4.78 is 64.4. The fourth-order valence-corrected chi connectivity index (χ4v) is 2.14. The highest BCUT2D eigenvalue weighted by atomic mass is 19.2. The highest BCUT2D eigenvalue weighted by Gasteiger charge is 2.39. The Balaban J connectivity index is 2.28. The summed E-state index contributed by atoms with van der Waals surface area (Å²) in [7, 11) is 0.866. The highest BCUT2D eigenvalue weighted by Crippen LogP contribution is 2.35. The molecule has 0 aliphatic heterocycles. The van der Waals surface area contributed by atoms with Crippen molar-refractivity contribution in [3.63, 3.8) is 0 Å². The molecule has 132 valence electrons. The molecule has 0 amide bonds. The van der Waals surface area contributed by atoms with Gasteiger partial charge < -0.3 is 9.47 Å². The SMILES string of the molecule is COc1c(F)c(F)c(CC(C)(C)C(=O)OC(=O)C2CC2)c(F)c1F. The van der Waals surface area contributed by atoms with Gasteiger partial charge >= 0.3 is 11.9 Å². The first-order valence-electron chi connectivity index (χ1n) is 7.25. The molecule has 1 aliphatic carbocycles. The van der Waals surface area contributed by atoms with E-state index in [2.05, 4.69) is 9.47 Å². The second kappa shape index (κ2) is 6.41. The van der Waals surface area contributed by atoms with Crippen molar-refractivity contribution in [2.24, 2.45) is 11.3 Å². The molecule has 24 heavy (non-hydrogen) atoms. The number of benzene rings is 1. The molecule has 0 spiro atoms. The maximum atomic E-state index is 14.0. The van der Waals surface area contributed by atoms with E-state index < -0.39 is 58.4 Å². The van der Waals surface area contributed by atoms with Gasteiger partial charge in [0.15, 0.2) is 17.4 Å². The first-order chi connectivity index (χ1) is 11.1. The van der Waals surface area contributed by atoms with Crippen molar-refractivity contribution in [2.45, 2.75) is 33.1 Å². The number of methoxy groups -OCH3 is 1. The Morgan fingerprint density at radius 2 is 1.54 bits per heavy atom. The van der Waals surface area contributed by atoms with Gasteiger partial charge in [0.05, 0.1) is 18.4 Å². The van der Waals surface area contributed by atoms with Crippen LogP contribution < -0.4 is 4.74 Å². The largest absolute Gasteiger partial charge is 0.491 e. The molecule has 1 aromatic carbocycles. The van der Waals surface area contributed by atoms with Crippen molar-refractivity contribution in [1.82, 2.24) is 0 Å². The second-order valence-electron chi connectivity index (χ2n) is 6.31. The molecule has 4 nitrogen and oxygen atoms in total. The van der Waals surface area contributed by atoms with Crippen LogP contribution in [-0.4, -0.2) is 19.0 Å². The average molecular weight is 348 g/mol. The Morgan fingerprint density at radius 3 is 1.96 bits per heavy atom. The smallest absolute Gasteiger partial charge is 0.319 e. The van der Waals surface area contributed by atoms with Crippen LogP contribution in [-0.2, 0) is 20.7 Å². The monoisotopic (exact) mass is 348 g/mol. The molecule has 2 rings (SSSR count). The molecule has 0 N–H and O–H groups in total. The summed E-state index contributed by atoms with van der Waals surface area (Å²) in [6, 6.07) is 0. The Kier molecular flexibility index (Phi) is 4.87. The van der Waals surface area contributed by atoms with E-state index >= 15 is 0 Å². The summed E-state index contributed by atoms with van der Waals surface area (Å²) in [6.45, 7) is 2.52. The molecule has 0 radical (unpaired) electrons. The van der Waals surface area contributed by atoms with Crippen molar-refractivity contribution >= 4 is 11.9 Å². The van der Waals surface area contributed by atoms with Crippen molar-refractivity contribution in [2.75, 3.05) is 7.11 Å². The van der Waals surface area contributed by atoms with Crippen LogP contribution in [0.15, 0.2) is 0 Å². The van der Waals surface area contributed by atoms with Gasteiger partial charge in [-0.1, -0.05) is 0 Å². The van der Waals surface area contributed by atoms with Crippen LogP contribution in [0.3, 0.4) is 0 Å². The van der Waals surface area contributed by atoms with E-state index in [0.717, 1.165) is 7.11 Å². The number of carbonyl (C=O) groups excluding carboxylic acids is 2. The van der Waals surface area contributed by atoms with Crippen LogP contribution >= 0.6 is 0 Å². The van der Waals surface area contributed by atoms with E-state index in [0.29, 0.717) is 12.8 Å². The van der Waals surface area contributed by atoms with E-state index in [1.54, 1.807) is 0 Å². The predicted octanol–water partition coefficient (Wildman–Crippen LogP) is 3.30. The Bertz CT molecular complexity index is 667. The van der Waals surface area contributed by atoms with Gasteiger partial charge in [-0.3, -0.25) is 9.59 Å². The molecule has 0 atom stereocenters. The standard InChI is InChI=1S/C16H16F4O4/c1-16(2,15(22)24-14(21)7-4-5-7)6-8-9(17)11(19)13(23-3)12(20)10(8)18/h7H,4-6H2,1-3H3. The lowest BCUT2D eigenvalue weighted by atomic mass is 9.85. The predicted molar refractivity (Wildman–Crippen MR) is 74.1 cm³/mol. The number of halogens is 4. The van der Waals surface area contributed by atoms with Crippen LogP contribution in [0.2, 0.25) is 0 Å². The van der Waals surface area contributed by atoms with Gasteiger partial charge in [0.1, 0.15) is 0 Å². The van der Waals surface area contributed by atoms with Gasteiger partial charge in [0.2, 0.25) is 11.6 Å². The molecule has 8 heteroatoms. The number of ether oxygens (including phenoxy) is 2. The molecule has 0 unspecified atom stereocenters. The number of esters is 2. The molecule has 1 aliphatic rings. The topological polar surface area (TPSA) is 52.6 Å². The number of hydrogen-bond donors (Lipinski definition) is 0. The zero-order valence-corrected chi connectivity index (χ0v) is 13.3. The maximum absolute atomic E-state index is 14.0. The molecule has 1 fully saturated rings. The fraction of sp³-hybridized carbons (Fsp3) is 0.500. The zero-order valence-electron chi connectivity index (χ0n) is 13.3. The molecule has 0 bridgehead atoms. The van der Waals surface area contributed by atoms with Gasteiger partial charge in [-0.2, -0.15) is 8.78 Å². The van der Waals surface area contributed by atoms with Crippen LogP contribution in [0.4, 0.5) is 17.6 Å². The molecule has 1 aromatic rings. The van der Waals surface area contributed by atoms with Gasteiger partial charge in [-0.25, -0.2) is 8.78 Å². The first kappa shape index (κ1) is 18.2. The number of carbonyl (C=O) groups is 2. The summed E-state index contributed by atoms with van der Waals surface area (Å²) in [5.74, 6) is -9.93. The third-order valence-electron chi connectivity index (χ3n) is 3.79. The normalized spacial score (nSPS) is 14.5. The molecule has 1 saturated carbocycles. The maximum Gasteiger partial charge on any atom is 0.319 e. The third-order valence-corrected chi connectivity index (χ3v) is 3.79. The number of rotatable bonds is 5. The molecule has 0 aromatic heterocycles. The molecule has 0 saturated heterocycles. The van der Waals surface area contributed by atoms with E-state index in [1.807, 2.05) is 0 Å². The van der Waals surface area contributed by atoms with E-state index in [4.69, 9.17) is 0 Å². The Labute approximate surface area is 135 Å². The van der Waals surface area contributed by atoms with Crippen LogP contribution in [0.1, 0.15) is 32.3 Å². The van der Waals surface area contributed by atoms with Gasteiger partial charge in [-0.05, 0) is 33.1 Å². The number of hydrogen-bond acceptors (Lipinski definition) is 4. The lowest BCUT2D eigenvalue weighted by molar-refractivity contribution is -0.167. The van der Waals surface area contributed by atoms with Crippen LogP contribution in [0.25, 0.3) is 0 Å². The van der Waals surface area contributed by atoms with E-state index in [1.165, 1.54) is 13.8 Å². The molecule has 0 heterocycles. The summed E-state index contributed by atoms with van der Waals surface area (Å²) in [4.78, 5) is 23.5. The average Bonchev–Trinajstić information content (AvgIpc) is 3.35. The lowest BCUT2D eigenvalue weighted by Gasteiger charge is -2.23. The molecular weight excluding hydrogens is 332 g/mol. The van der Waals surface area contributed by atoms with Crippen molar-refractivity contribution < 1.29 is 36.6 Å². The summed E-state index contributed by atoms with van der Waals surface area (Å²) in [5, 5.41) is 0. The molecular formula is C16H16F4O4. The lowest BCUT2D eigenvalue weighted by Crippen LogP contribution is -2.32. The quantitative estimate of drug-likeness (QED) is 0.355. The van der Waals surface area contributed by atoms with Crippen molar-refractivity contribution in [1.29, 1.82) is 0 Å². The summed E-state index contributed by atoms with van der Waals surface area (Å²) in [5.41, 5.74) is -2.52. The van der Waals surface area contributed by atoms with E-state index in [9.17, 15) is 27.2 Å². The minimum Gasteiger partial charge on any atom is -0.491 e. The van der Waals surface area contributed by atoms with Crippen molar-refractivity contribution in [3.8, 4) is 5.75 Å². The minimum absolute atomic E-state index is 0.339. The van der Waals surface area contributed by atoms with Gasteiger partial charge in [0, 0.05) is 5.56 Å². The Hall–Kier alpha value is -2.12. The first-order valence-corrected chi connectivity index (χ1v) is 7.25. The summed E-state index contributed by atoms with van der Waals surface area (Å²) in [6.07, 6.45) is 0.536. The van der Waals surface area contributed by atoms with Crippen molar-refractivity contribution in [3.05, 3.63) is 28.8 Å². The van der Waals surface area contributed by atoms with Gasteiger partial charge in [-0.15, -0.1) is 0 Å². The van der Waals surface area contributed by atoms with Crippen LogP contribution in [0.5, 0.6) is 5.75 Å². The third kappa shape index (κ3) is 3.37. The second-order valence-corrected chi connectivity index (χ2v) is 6.31.